The zero-order valence-electron chi connectivity index (χ0n) is 13.0. The van der Waals surface area contributed by atoms with Crippen molar-refractivity contribution in [2.24, 2.45) is 0 Å². The molecule has 2 rings (SSSR count). The van der Waals surface area contributed by atoms with E-state index >= 15 is 0 Å². The SMILES string of the molecule is COc1ccc(S(C)(=O)=O)cc1S(=O)(=O)NCC1=CCNCC1. The summed E-state index contributed by atoms with van der Waals surface area (Å²) in [7, 11) is -6.06. The molecular weight excluding hydrogens is 340 g/mol. The molecule has 1 aromatic rings. The number of ether oxygens (including phenoxy) is 1. The normalized spacial score (nSPS) is 16.0. The summed E-state index contributed by atoms with van der Waals surface area (Å²) >= 11 is 0. The molecule has 9 heteroatoms. The number of nitrogens with one attached hydrogen (secondary N) is 2. The lowest BCUT2D eigenvalue weighted by Crippen LogP contribution is -2.30. The molecule has 0 aromatic heterocycles. The van der Waals surface area contributed by atoms with Gasteiger partial charge in [0.15, 0.2) is 9.84 Å². The van der Waals surface area contributed by atoms with Crippen molar-refractivity contribution in [3.05, 3.63) is 29.8 Å². The van der Waals surface area contributed by atoms with Crippen LogP contribution >= 0.6 is 0 Å². The first-order valence-corrected chi connectivity index (χ1v) is 10.4. The molecule has 0 atom stereocenters. The highest BCUT2D eigenvalue weighted by Gasteiger charge is 2.22. The highest BCUT2D eigenvalue weighted by molar-refractivity contribution is 7.91. The fraction of sp³-hybridized carbons (Fsp3) is 0.429. The third-order valence-electron chi connectivity index (χ3n) is 3.50. The standard InChI is InChI=1S/C14H20N2O5S2/c1-21-13-4-3-12(22(2,17)18)9-14(13)23(19,20)16-10-11-5-7-15-8-6-11/h3-5,9,15-16H,6-8,10H2,1-2H3. The minimum absolute atomic E-state index is 0.0697. The van der Waals surface area contributed by atoms with E-state index in [1.54, 1.807) is 0 Å². The number of hydrogen-bond acceptors (Lipinski definition) is 6. The van der Waals surface area contributed by atoms with E-state index in [2.05, 4.69) is 10.0 Å². The van der Waals surface area contributed by atoms with Crippen LogP contribution in [-0.4, -0.2) is 49.8 Å². The van der Waals surface area contributed by atoms with Crippen LogP contribution in [-0.2, 0) is 19.9 Å². The smallest absolute Gasteiger partial charge is 0.244 e. The van der Waals surface area contributed by atoms with Crippen LogP contribution < -0.4 is 14.8 Å². The van der Waals surface area contributed by atoms with Crippen LogP contribution in [0.4, 0.5) is 0 Å². The van der Waals surface area contributed by atoms with Gasteiger partial charge in [0.25, 0.3) is 0 Å². The predicted octanol–water partition coefficient (Wildman–Crippen LogP) is 0.297. The average Bonchev–Trinajstić information content (AvgIpc) is 2.52. The summed E-state index contributed by atoms with van der Waals surface area (Å²) < 4.78 is 55.9. The number of sulfone groups is 1. The Hall–Kier alpha value is -1.42. The number of methoxy groups -OCH3 is 1. The lowest BCUT2D eigenvalue weighted by Gasteiger charge is -2.16. The molecule has 0 amide bonds. The summed E-state index contributed by atoms with van der Waals surface area (Å²) in [6.45, 7) is 1.71. The summed E-state index contributed by atoms with van der Waals surface area (Å²) in [6, 6.07) is 3.78. The van der Waals surface area contributed by atoms with Crippen LogP contribution in [0.5, 0.6) is 5.75 Å². The molecule has 23 heavy (non-hydrogen) atoms. The van der Waals surface area contributed by atoms with Gasteiger partial charge in [-0.1, -0.05) is 11.6 Å². The second-order valence-corrected chi connectivity index (χ2v) is 8.98. The third kappa shape index (κ3) is 4.54. The molecule has 0 radical (unpaired) electrons. The maximum absolute atomic E-state index is 12.5. The first-order chi connectivity index (χ1) is 10.7. The Balaban J connectivity index is 2.32. The van der Waals surface area contributed by atoms with E-state index in [0.717, 1.165) is 30.9 Å². The number of rotatable bonds is 6. The van der Waals surface area contributed by atoms with E-state index in [1.807, 2.05) is 6.08 Å². The largest absolute Gasteiger partial charge is 0.495 e. The van der Waals surface area contributed by atoms with Gasteiger partial charge in [-0.05, 0) is 31.2 Å². The molecule has 128 valence electrons. The molecule has 0 spiro atoms. The Morgan fingerprint density at radius 3 is 2.57 bits per heavy atom. The second kappa shape index (κ2) is 7.00. The van der Waals surface area contributed by atoms with E-state index in [1.165, 1.54) is 19.2 Å². The molecule has 1 aromatic carbocycles. The first-order valence-electron chi connectivity index (χ1n) is 7.00. The van der Waals surface area contributed by atoms with Gasteiger partial charge >= 0.3 is 0 Å². The first kappa shape index (κ1) is 17.9. The molecule has 0 aliphatic carbocycles. The van der Waals surface area contributed by atoms with E-state index < -0.39 is 19.9 Å². The molecule has 7 nitrogen and oxygen atoms in total. The van der Waals surface area contributed by atoms with Gasteiger partial charge < -0.3 is 10.1 Å². The number of benzene rings is 1. The Morgan fingerprint density at radius 2 is 2.00 bits per heavy atom. The third-order valence-corrected chi connectivity index (χ3v) is 6.03. The Kier molecular flexibility index (Phi) is 5.45. The van der Waals surface area contributed by atoms with Crippen LogP contribution in [0.25, 0.3) is 0 Å². The van der Waals surface area contributed by atoms with Crippen molar-refractivity contribution in [1.82, 2.24) is 10.0 Å². The van der Waals surface area contributed by atoms with E-state index in [9.17, 15) is 16.8 Å². The zero-order valence-corrected chi connectivity index (χ0v) is 14.6. The van der Waals surface area contributed by atoms with Gasteiger partial charge in [0.1, 0.15) is 10.6 Å². The summed E-state index contributed by atoms with van der Waals surface area (Å²) in [4.78, 5) is -0.253. The summed E-state index contributed by atoms with van der Waals surface area (Å²) in [5, 5.41) is 3.15. The Morgan fingerprint density at radius 1 is 1.26 bits per heavy atom. The van der Waals surface area contributed by atoms with Crippen molar-refractivity contribution in [3.8, 4) is 5.75 Å². The fourth-order valence-electron chi connectivity index (χ4n) is 2.19. The van der Waals surface area contributed by atoms with Crippen LogP contribution in [0.3, 0.4) is 0 Å². The van der Waals surface area contributed by atoms with Gasteiger partial charge in [-0.3, -0.25) is 0 Å². The van der Waals surface area contributed by atoms with Crippen LogP contribution in [0.2, 0.25) is 0 Å². The fourth-order valence-corrected chi connectivity index (χ4v) is 4.14. The van der Waals surface area contributed by atoms with Gasteiger partial charge in [-0.15, -0.1) is 0 Å². The van der Waals surface area contributed by atoms with Crippen LogP contribution in [0.15, 0.2) is 39.6 Å². The molecule has 0 saturated heterocycles. The maximum atomic E-state index is 12.5. The van der Waals surface area contributed by atoms with Gasteiger partial charge in [0.05, 0.1) is 12.0 Å². The van der Waals surface area contributed by atoms with E-state index in [0.29, 0.717) is 6.54 Å². The molecule has 0 fully saturated rings. The lowest BCUT2D eigenvalue weighted by atomic mass is 10.1. The summed E-state index contributed by atoms with van der Waals surface area (Å²) in [5.41, 5.74) is 0.991. The van der Waals surface area contributed by atoms with Crippen LogP contribution in [0, 0.1) is 0 Å². The molecule has 1 heterocycles. The van der Waals surface area contributed by atoms with Crippen molar-refractivity contribution in [2.45, 2.75) is 16.2 Å². The molecule has 0 saturated carbocycles. The molecular formula is C14H20N2O5S2. The van der Waals surface area contributed by atoms with Crippen molar-refractivity contribution in [3.63, 3.8) is 0 Å². The van der Waals surface area contributed by atoms with Gasteiger partial charge in [-0.2, -0.15) is 0 Å². The number of sulfonamides is 1. The van der Waals surface area contributed by atoms with Crippen molar-refractivity contribution in [1.29, 1.82) is 0 Å². The molecule has 2 N–H and O–H groups in total. The van der Waals surface area contributed by atoms with Gasteiger partial charge in [-0.25, -0.2) is 21.6 Å². The zero-order chi connectivity index (χ0) is 17.1. The summed E-state index contributed by atoms with van der Waals surface area (Å²) in [5.74, 6) is 0.101. The minimum atomic E-state index is -3.89. The minimum Gasteiger partial charge on any atom is -0.495 e. The monoisotopic (exact) mass is 360 g/mol. The van der Waals surface area contributed by atoms with Crippen molar-refractivity contribution < 1.29 is 21.6 Å². The average molecular weight is 360 g/mol. The van der Waals surface area contributed by atoms with Crippen molar-refractivity contribution in [2.75, 3.05) is 33.0 Å². The highest BCUT2D eigenvalue weighted by Crippen LogP contribution is 2.26. The number of hydrogen-bond donors (Lipinski definition) is 2. The van der Waals surface area contributed by atoms with E-state index in [-0.39, 0.29) is 22.1 Å². The Bertz CT molecular complexity index is 814. The van der Waals surface area contributed by atoms with Gasteiger partial charge in [0, 0.05) is 19.3 Å². The quantitative estimate of drug-likeness (QED) is 0.708. The molecule has 1 aliphatic heterocycles. The van der Waals surface area contributed by atoms with Crippen molar-refractivity contribution >= 4 is 19.9 Å². The predicted molar refractivity (Wildman–Crippen MR) is 86.9 cm³/mol. The maximum Gasteiger partial charge on any atom is 0.244 e. The van der Waals surface area contributed by atoms with Gasteiger partial charge in [0.2, 0.25) is 10.0 Å². The molecule has 1 aliphatic rings. The molecule has 0 bridgehead atoms. The lowest BCUT2D eigenvalue weighted by molar-refractivity contribution is 0.401. The van der Waals surface area contributed by atoms with Crippen LogP contribution in [0.1, 0.15) is 6.42 Å². The van der Waals surface area contributed by atoms with E-state index in [4.69, 9.17) is 4.74 Å². The second-order valence-electron chi connectivity index (χ2n) is 5.23. The summed E-state index contributed by atoms with van der Waals surface area (Å²) in [6.07, 6.45) is 3.73. The Labute approximate surface area is 136 Å². The molecule has 0 unspecified atom stereocenters. The topological polar surface area (TPSA) is 102 Å². The highest BCUT2D eigenvalue weighted by atomic mass is 32.2.